The van der Waals surface area contributed by atoms with E-state index < -0.39 is 18.2 Å². The Morgan fingerprint density at radius 2 is 1.33 bits per heavy atom. The Bertz CT molecular complexity index is 1810. The molecule has 0 fully saturated rings. The third kappa shape index (κ3) is 8.04. The van der Waals surface area contributed by atoms with Gasteiger partial charge in [-0.1, -0.05) is 97.1 Å². The lowest BCUT2D eigenvalue weighted by Crippen LogP contribution is -2.48. The smallest absolute Gasteiger partial charge is 0.407 e. The van der Waals surface area contributed by atoms with Gasteiger partial charge in [-0.05, 0) is 58.7 Å². The number of para-hydroxylation sites is 1. The molecule has 1 heterocycles. The maximum atomic E-state index is 13.4. The van der Waals surface area contributed by atoms with Crippen molar-refractivity contribution in [1.29, 1.82) is 0 Å². The molecule has 5 aromatic rings. The first-order chi connectivity index (χ1) is 23.6. The van der Waals surface area contributed by atoms with Crippen LogP contribution in [0.1, 0.15) is 47.4 Å². The maximum Gasteiger partial charge on any atom is 0.407 e. The second-order valence-corrected chi connectivity index (χ2v) is 11.9. The van der Waals surface area contributed by atoms with Crippen molar-refractivity contribution < 1.29 is 23.9 Å². The van der Waals surface area contributed by atoms with Crippen molar-refractivity contribution in [2.45, 2.75) is 44.2 Å². The topological polar surface area (TPSA) is 122 Å². The van der Waals surface area contributed by atoms with E-state index in [2.05, 4.69) is 45.2 Å². The number of aromatic amines is 1. The number of aromatic nitrogens is 1. The summed E-state index contributed by atoms with van der Waals surface area (Å²) in [6.45, 7) is 1.31. The molecule has 0 saturated heterocycles. The van der Waals surface area contributed by atoms with E-state index in [0.717, 1.165) is 63.5 Å². The van der Waals surface area contributed by atoms with Gasteiger partial charge in [0.05, 0.1) is 0 Å². The zero-order chi connectivity index (χ0) is 33.1. The number of hydrogen-bond acceptors (Lipinski definition) is 5. The van der Waals surface area contributed by atoms with Crippen LogP contribution in [0.4, 0.5) is 9.59 Å². The van der Waals surface area contributed by atoms with Gasteiger partial charge < -0.3 is 30.4 Å². The highest BCUT2D eigenvalue weighted by Gasteiger charge is 2.30. The molecule has 4 aromatic carbocycles. The second kappa shape index (κ2) is 15.8. The standard InChI is InChI=1S/C39H40N4O5/c44-37(40-21-11-2-12-22-41-38(45)47-25-27-13-3-1-4-14-27)36(23-28-24-42-35-20-10-9-15-29(28)35)43-39(46)48-26-34-32-18-7-5-16-30(32)31-17-6-8-19-33(31)34/h1,3-10,13-20,24,34,36,42H,2,11-12,21-23,25-26H2,(H,40,44)(H,41,45)(H,43,46)/t36-/m0/s1. The van der Waals surface area contributed by atoms with Gasteiger partial charge in [-0.2, -0.15) is 0 Å². The molecular formula is C39H40N4O5. The molecule has 9 nitrogen and oxygen atoms in total. The predicted octanol–water partition coefficient (Wildman–Crippen LogP) is 6.83. The summed E-state index contributed by atoms with van der Waals surface area (Å²) in [6.07, 6.45) is 3.35. The first-order valence-electron chi connectivity index (χ1n) is 16.5. The minimum absolute atomic E-state index is 0.0794. The summed E-state index contributed by atoms with van der Waals surface area (Å²) in [5, 5.41) is 9.58. The number of benzene rings is 4. The molecule has 0 bridgehead atoms. The van der Waals surface area contributed by atoms with Gasteiger partial charge in [-0.25, -0.2) is 9.59 Å². The van der Waals surface area contributed by atoms with Crippen molar-refractivity contribution in [3.63, 3.8) is 0 Å². The molecule has 48 heavy (non-hydrogen) atoms. The average molecular weight is 645 g/mol. The third-order valence-corrected chi connectivity index (χ3v) is 8.69. The van der Waals surface area contributed by atoms with E-state index >= 15 is 0 Å². The first-order valence-corrected chi connectivity index (χ1v) is 16.5. The summed E-state index contributed by atoms with van der Waals surface area (Å²) in [4.78, 5) is 41.8. The van der Waals surface area contributed by atoms with Gasteiger partial charge in [-0.15, -0.1) is 0 Å². The van der Waals surface area contributed by atoms with Crippen LogP contribution in [-0.4, -0.2) is 48.8 Å². The van der Waals surface area contributed by atoms with E-state index in [1.807, 2.05) is 85.1 Å². The Balaban J connectivity index is 0.993. The van der Waals surface area contributed by atoms with E-state index in [4.69, 9.17) is 9.47 Å². The molecule has 9 heteroatoms. The second-order valence-electron chi connectivity index (χ2n) is 11.9. The van der Waals surface area contributed by atoms with E-state index in [0.29, 0.717) is 19.5 Å². The maximum absolute atomic E-state index is 13.4. The Labute approximate surface area is 280 Å². The fraction of sp³-hybridized carbons (Fsp3) is 0.256. The average Bonchev–Trinajstić information content (AvgIpc) is 3.68. The van der Waals surface area contributed by atoms with E-state index in [-0.39, 0.29) is 25.0 Å². The van der Waals surface area contributed by atoms with Crippen molar-refractivity contribution in [3.05, 3.63) is 132 Å². The van der Waals surface area contributed by atoms with Crippen LogP contribution in [0.25, 0.3) is 22.0 Å². The van der Waals surface area contributed by atoms with Crippen LogP contribution in [0, 0.1) is 0 Å². The number of ether oxygens (including phenoxy) is 2. The molecule has 0 saturated carbocycles. The molecule has 1 atom stereocenters. The number of carbonyl (C=O) groups excluding carboxylic acids is 3. The molecule has 1 aliphatic rings. The zero-order valence-corrected chi connectivity index (χ0v) is 26.7. The summed E-state index contributed by atoms with van der Waals surface area (Å²) >= 11 is 0. The minimum Gasteiger partial charge on any atom is -0.449 e. The van der Waals surface area contributed by atoms with Crippen LogP contribution in [-0.2, 0) is 27.3 Å². The van der Waals surface area contributed by atoms with Crippen molar-refractivity contribution in [2.75, 3.05) is 19.7 Å². The van der Waals surface area contributed by atoms with Gasteiger partial charge in [0.25, 0.3) is 0 Å². The third-order valence-electron chi connectivity index (χ3n) is 8.69. The van der Waals surface area contributed by atoms with Crippen LogP contribution >= 0.6 is 0 Å². The Kier molecular flexibility index (Phi) is 10.7. The Morgan fingerprint density at radius 3 is 2.08 bits per heavy atom. The lowest BCUT2D eigenvalue weighted by Gasteiger charge is -2.20. The number of rotatable bonds is 14. The monoisotopic (exact) mass is 644 g/mol. The van der Waals surface area contributed by atoms with E-state index in [1.54, 1.807) is 0 Å². The number of carbonyl (C=O) groups is 3. The van der Waals surface area contributed by atoms with Gasteiger partial charge in [0, 0.05) is 42.5 Å². The van der Waals surface area contributed by atoms with Gasteiger partial charge in [0.1, 0.15) is 19.3 Å². The molecule has 3 amide bonds. The Hall–Kier alpha value is -5.57. The Morgan fingerprint density at radius 1 is 0.688 bits per heavy atom. The van der Waals surface area contributed by atoms with E-state index in [9.17, 15) is 14.4 Å². The number of amides is 3. The highest BCUT2D eigenvalue weighted by Crippen LogP contribution is 2.44. The number of unbranched alkanes of at least 4 members (excludes halogenated alkanes) is 2. The number of fused-ring (bicyclic) bond motifs is 4. The predicted molar refractivity (Wildman–Crippen MR) is 185 cm³/mol. The number of hydrogen-bond donors (Lipinski definition) is 4. The molecule has 0 aliphatic heterocycles. The fourth-order valence-corrected chi connectivity index (χ4v) is 6.24. The summed E-state index contributed by atoms with van der Waals surface area (Å²) in [5.74, 6) is -0.361. The molecule has 4 N–H and O–H groups in total. The number of nitrogens with one attached hydrogen (secondary N) is 4. The molecule has 0 radical (unpaired) electrons. The number of alkyl carbamates (subject to hydrolysis) is 2. The summed E-state index contributed by atoms with van der Waals surface area (Å²) in [6, 6.07) is 32.9. The van der Waals surface area contributed by atoms with Crippen LogP contribution in [0.5, 0.6) is 0 Å². The van der Waals surface area contributed by atoms with E-state index in [1.165, 1.54) is 0 Å². The molecule has 1 aromatic heterocycles. The molecule has 6 rings (SSSR count). The lowest BCUT2D eigenvalue weighted by atomic mass is 9.98. The molecule has 1 aliphatic carbocycles. The highest BCUT2D eigenvalue weighted by molar-refractivity contribution is 5.88. The van der Waals surface area contributed by atoms with Crippen LogP contribution in [0.2, 0.25) is 0 Å². The first kappa shape index (κ1) is 32.4. The molecule has 246 valence electrons. The van der Waals surface area contributed by atoms with Crippen LogP contribution in [0.15, 0.2) is 109 Å². The van der Waals surface area contributed by atoms with Gasteiger partial charge in [0.15, 0.2) is 0 Å². The van der Waals surface area contributed by atoms with Gasteiger partial charge in [0.2, 0.25) is 5.91 Å². The largest absolute Gasteiger partial charge is 0.449 e. The van der Waals surface area contributed by atoms with Gasteiger partial charge in [-0.3, -0.25) is 4.79 Å². The van der Waals surface area contributed by atoms with Crippen molar-refractivity contribution in [1.82, 2.24) is 20.9 Å². The summed E-state index contributed by atoms with van der Waals surface area (Å²) in [5.41, 5.74) is 7.37. The van der Waals surface area contributed by atoms with Crippen molar-refractivity contribution in [3.8, 4) is 11.1 Å². The fourth-order valence-electron chi connectivity index (χ4n) is 6.24. The van der Waals surface area contributed by atoms with Gasteiger partial charge >= 0.3 is 12.2 Å². The number of H-pyrrole nitrogens is 1. The SMILES string of the molecule is O=C(NCCCCCNC(=O)[C@H](Cc1c[nH]c2ccccc12)NC(=O)OCC1c2ccccc2-c2ccccc21)OCc1ccccc1. The summed E-state index contributed by atoms with van der Waals surface area (Å²) in [7, 11) is 0. The van der Waals surface area contributed by atoms with Crippen molar-refractivity contribution >= 4 is 29.0 Å². The van der Waals surface area contributed by atoms with Crippen LogP contribution < -0.4 is 16.0 Å². The zero-order valence-electron chi connectivity index (χ0n) is 26.7. The van der Waals surface area contributed by atoms with Crippen molar-refractivity contribution in [2.24, 2.45) is 0 Å². The molecule has 0 spiro atoms. The molecular weight excluding hydrogens is 604 g/mol. The lowest BCUT2D eigenvalue weighted by molar-refractivity contribution is -0.123. The molecule has 0 unspecified atom stereocenters. The highest BCUT2D eigenvalue weighted by atomic mass is 16.6. The normalized spacial score (nSPS) is 12.5. The minimum atomic E-state index is -0.832. The van der Waals surface area contributed by atoms with Crippen LogP contribution in [0.3, 0.4) is 0 Å². The quantitative estimate of drug-likeness (QED) is 0.0988. The summed E-state index contributed by atoms with van der Waals surface area (Å²) < 4.78 is 11.0.